The lowest BCUT2D eigenvalue weighted by molar-refractivity contribution is -0.140. The molecule has 0 amide bonds. The smallest absolute Gasteiger partial charge is 0.340 e. The molecule has 1 heterocycles. The number of hydrogen-bond acceptors (Lipinski definition) is 8. The van der Waals surface area contributed by atoms with E-state index in [9.17, 15) is 14.7 Å². The molecule has 146 valence electrons. The highest BCUT2D eigenvalue weighted by molar-refractivity contribution is 5.99. The van der Waals surface area contributed by atoms with Crippen molar-refractivity contribution in [2.75, 3.05) is 20.3 Å². The van der Waals surface area contributed by atoms with Crippen LogP contribution in [0, 0.1) is 0 Å². The molecule has 1 unspecified atom stereocenters. The third kappa shape index (κ3) is 3.99. The molecule has 3 N–H and O–H groups in total. The van der Waals surface area contributed by atoms with Crippen LogP contribution in [-0.2, 0) is 23.8 Å². The first-order chi connectivity index (χ1) is 12.8. The quantitative estimate of drug-likeness (QED) is 0.724. The second-order valence-electron chi connectivity index (χ2n) is 5.66. The Balaban J connectivity index is 2.68. The van der Waals surface area contributed by atoms with E-state index in [1.807, 2.05) is 0 Å². The fraction of sp³-hybridized carbons (Fsp3) is 0.368. The van der Waals surface area contributed by atoms with E-state index in [-0.39, 0.29) is 47.5 Å². The summed E-state index contributed by atoms with van der Waals surface area (Å²) in [4.78, 5) is 25.1. The number of methoxy groups -OCH3 is 1. The molecular weight excluding hydrogens is 354 g/mol. The van der Waals surface area contributed by atoms with Crippen molar-refractivity contribution in [3.63, 3.8) is 0 Å². The maximum Gasteiger partial charge on any atom is 0.340 e. The minimum atomic E-state index is -0.897. The highest BCUT2D eigenvalue weighted by Crippen LogP contribution is 2.42. The maximum atomic E-state index is 12.6. The van der Waals surface area contributed by atoms with Gasteiger partial charge in [-0.2, -0.15) is 0 Å². The summed E-state index contributed by atoms with van der Waals surface area (Å²) in [5, 5.41) is 9.87. The zero-order chi connectivity index (χ0) is 20.1. The molecule has 27 heavy (non-hydrogen) atoms. The number of hydrogen-bond donors (Lipinski definition) is 2. The fourth-order valence-corrected chi connectivity index (χ4v) is 2.87. The molecule has 0 bridgehead atoms. The zero-order valence-electron chi connectivity index (χ0n) is 15.7. The molecule has 0 fully saturated rings. The molecule has 2 rings (SSSR count). The van der Waals surface area contributed by atoms with Gasteiger partial charge in [-0.1, -0.05) is 6.07 Å². The Morgan fingerprint density at radius 1 is 1.15 bits per heavy atom. The average Bonchev–Trinajstić information content (AvgIpc) is 2.61. The minimum absolute atomic E-state index is 0.0155. The van der Waals surface area contributed by atoms with Crippen molar-refractivity contribution in [2.45, 2.75) is 26.7 Å². The van der Waals surface area contributed by atoms with Gasteiger partial charge >= 0.3 is 11.9 Å². The minimum Gasteiger partial charge on any atom is -0.504 e. The van der Waals surface area contributed by atoms with Crippen molar-refractivity contribution in [3.8, 4) is 11.5 Å². The van der Waals surface area contributed by atoms with E-state index in [0.29, 0.717) is 5.56 Å². The van der Waals surface area contributed by atoms with E-state index in [4.69, 9.17) is 24.7 Å². The fourth-order valence-electron chi connectivity index (χ4n) is 2.87. The monoisotopic (exact) mass is 377 g/mol. The van der Waals surface area contributed by atoms with E-state index in [2.05, 4.69) is 0 Å². The number of aromatic hydroxyl groups is 1. The van der Waals surface area contributed by atoms with Crippen molar-refractivity contribution in [3.05, 3.63) is 46.6 Å². The summed E-state index contributed by atoms with van der Waals surface area (Å²) in [6.07, 6.45) is 0. The predicted molar refractivity (Wildman–Crippen MR) is 95.7 cm³/mol. The van der Waals surface area contributed by atoms with Crippen molar-refractivity contribution >= 4 is 11.9 Å². The molecule has 0 aliphatic carbocycles. The Labute approximate surface area is 157 Å². The summed E-state index contributed by atoms with van der Waals surface area (Å²) >= 11 is 0. The lowest BCUT2D eigenvalue weighted by atomic mass is 9.82. The SMILES string of the molecule is CCOC(=O)C1=C(C)OC(N)=C(C(=O)OCC)C1c1ccc(O)c(OC)c1. The summed E-state index contributed by atoms with van der Waals surface area (Å²) in [6.45, 7) is 5.16. The predicted octanol–water partition coefficient (Wildman–Crippen LogP) is 2.09. The number of benzene rings is 1. The Morgan fingerprint density at radius 2 is 1.74 bits per heavy atom. The summed E-state index contributed by atoms with van der Waals surface area (Å²) in [5.41, 5.74) is 6.55. The molecule has 8 heteroatoms. The molecule has 1 atom stereocenters. The number of phenols is 1. The largest absolute Gasteiger partial charge is 0.504 e. The summed E-state index contributed by atoms with van der Waals surface area (Å²) in [7, 11) is 1.40. The van der Waals surface area contributed by atoms with Crippen LogP contribution in [0.5, 0.6) is 11.5 Å². The van der Waals surface area contributed by atoms with Crippen LogP contribution in [0.4, 0.5) is 0 Å². The maximum absolute atomic E-state index is 12.6. The molecule has 0 aromatic heterocycles. The van der Waals surface area contributed by atoms with Crippen LogP contribution < -0.4 is 10.5 Å². The molecule has 0 saturated heterocycles. The number of esters is 2. The van der Waals surface area contributed by atoms with Gasteiger partial charge in [-0.25, -0.2) is 9.59 Å². The van der Waals surface area contributed by atoms with E-state index in [1.165, 1.54) is 19.2 Å². The molecular formula is C19H23NO7. The number of rotatable bonds is 6. The summed E-state index contributed by atoms with van der Waals surface area (Å²) < 4.78 is 20.8. The average molecular weight is 377 g/mol. The zero-order valence-corrected chi connectivity index (χ0v) is 15.7. The second-order valence-corrected chi connectivity index (χ2v) is 5.66. The standard InChI is InChI=1S/C19H23NO7/c1-5-25-18(22)14-10(3)27-17(20)16(19(23)26-6-2)15(14)11-7-8-12(21)13(9-11)24-4/h7-9,15,21H,5-6,20H2,1-4H3. The van der Waals surface area contributed by atoms with Crippen LogP contribution in [0.2, 0.25) is 0 Å². The molecule has 0 saturated carbocycles. The normalized spacial score (nSPS) is 16.7. The van der Waals surface area contributed by atoms with Crippen LogP contribution in [0.15, 0.2) is 41.0 Å². The molecule has 0 radical (unpaired) electrons. The Bertz CT molecular complexity index is 770. The Hall–Kier alpha value is -3.16. The van der Waals surface area contributed by atoms with E-state index in [0.717, 1.165) is 0 Å². The van der Waals surface area contributed by atoms with Gasteiger partial charge in [0.25, 0.3) is 0 Å². The lowest BCUT2D eigenvalue weighted by Crippen LogP contribution is -2.30. The summed E-state index contributed by atoms with van der Waals surface area (Å²) in [6, 6.07) is 4.48. The van der Waals surface area contributed by atoms with E-state index < -0.39 is 17.9 Å². The van der Waals surface area contributed by atoms with Crippen LogP contribution in [-0.4, -0.2) is 37.4 Å². The van der Waals surface area contributed by atoms with Gasteiger partial charge < -0.3 is 29.8 Å². The lowest BCUT2D eigenvalue weighted by Gasteiger charge is -2.29. The molecule has 0 spiro atoms. The third-order valence-corrected chi connectivity index (χ3v) is 4.01. The topological polar surface area (TPSA) is 117 Å². The van der Waals surface area contributed by atoms with Gasteiger partial charge in [-0.05, 0) is 38.5 Å². The van der Waals surface area contributed by atoms with Gasteiger partial charge in [-0.15, -0.1) is 0 Å². The number of nitrogens with two attached hydrogens (primary N) is 1. The number of carbonyl (C=O) groups is 2. The molecule has 8 nitrogen and oxygen atoms in total. The Morgan fingerprint density at radius 3 is 2.30 bits per heavy atom. The molecule has 1 aromatic rings. The van der Waals surface area contributed by atoms with Gasteiger partial charge in [0.15, 0.2) is 11.5 Å². The number of phenolic OH excluding ortho intramolecular Hbond substituents is 1. The van der Waals surface area contributed by atoms with Crippen molar-refractivity contribution in [2.24, 2.45) is 5.73 Å². The van der Waals surface area contributed by atoms with Gasteiger partial charge in [0.1, 0.15) is 11.3 Å². The summed E-state index contributed by atoms with van der Waals surface area (Å²) in [5.74, 6) is -2.08. The Kier molecular flexibility index (Phi) is 6.33. The number of carbonyl (C=O) groups excluding carboxylic acids is 2. The van der Waals surface area contributed by atoms with Gasteiger partial charge in [0.05, 0.1) is 31.8 Å². The van der Waals surface area contributed by atoms with Crippen LogP contribution in [0.25, 0.3) is 0 Å². The van der Waals surface area contributed by atoms with Crippen LogP contribution in [0.3, 0.4) is 0 Å². The van der Waals surface area contributed by atoms with Crippen molar-refractivity contribution < 1.29 is 33.6 Å². The first-order valence-electron chi connectivity index (χ1n) is 8.45. The van der Waals surface area contributed by atoms with Gasteiger partial charge in [0.2, 0.25) is 5.88 Å². The van der Waals surface area contributed by atoms with Crippen molar-refractivity contribution in [1.29, 1.82) is 0 Å². The third-order valence-electron chi connectivity index (χ3n) is 4.01. The number of allylic oxidation sites excluding steroid dienone is 1. The van der Waals surface area contributed by atoms with E-state index in [1.54, 1.807) is 26.8 Å². The molecule has 1 aliphatic heterocycles. The van der Waals surface area contributed by atoms with Crippen molar-refractivity contribution in [1.82, 2.24) is 0 Å². The first kappa shape index (κ1) is 20.2. The second kappa shape index (κ2) is 8.48. The van der Waals surface area contributed by atoms with Gasteiger partial charge in [0, 0.05) is 0 Å². The number of ether oxygens (including phenoxy) is 4. The molecule has 1 aromatic carbocycles. The highest BCUT2D eigenvalue weighted by atomic mass is 16.5. The van der Waals surface area contributed by atoms with E-state index >= 15 is 0 Å². The molecule has 1 aliphatic rings. The van der Waals surface area contributed by atoms with Crippen LogP contribution >= 0.6 is 0 Å². The first-order valence-corrected chi connectivity index (χ1v) is 8.45. The van der Waals surface area contributed by atoms with Gasteiger partial charge in [-0.3, -0.25) is 0 Å². The van der Waals surface area contributed by atoms with Crippen LogP contribution in [0.1, 0.15) is 32.3 Å². The highest BCUT2D eigenvalue weighted by Gasteiger charge is 2.40.